The third-order valence-electron chi connectivity index (χ3n) is 2.46. The van der Waals surface area contributed by atoms with Gasteiger partial charge >= 0.3 is 0 Å². The molecule has 0 spiro atoms. The predicted molar refractivity (Wildman–Crippen MR) is 72.2 cm³/mol. The van der Waals surface area contributed by atoms with Gasteiger partial charge in [-0.2, -0.15) is 0 Å². The fraction of sp³-hybridized carbons (Fsp3) is 0.154. The van der Waals surface area contributed by atoms with Gasteiger partial charge in [-0.1, -0.05) is 6.07 Å². The van der Waals surface area contributed by atoms with Crippen LogP contribution >= 0.6 is 11.8 Å². The van der Waals surface area contributed by atoms with E-state index < -0.39 is 0 Å². The Morgan fingerprint density at radius 2 is 2.11 bits per heavy atom. The monoisotopic (exact) mass is 264 g/mol. The summed E-state index contributed by atoms with van der Waals surface area (Å²) in [5.74, 6) is 0.362. The van der Waals surface area contributed by atoms with E-state index in [1.807, 2.05) is 6.07 Å². The minimum absolute atomic E-state index is 0.0367. The van der Waals surface area contributed by atoms with Gasteiger partial charge in [0.05, 0.1) is 0 Å². The first-order valence-electron chi connectivity index (χ1n) is 5.50. The number of hydrogen-bond donors (Lipinski definition) is 1. The average Bonchev–Trinajstić information content (AvgIpc) is 2.36. The lowest BCUT2D eigenvalue weighted by Gasteiger charge is -2.07. The predicted octanol–water partition coefficient (Wildman–Crippen LogP) is 2.36. The van der Waals surface area contributed by atoms with Crippen LogP contribution in [0.25, 0.3) is 0 Å². The summed E-state index contributed by atoms with van der Waals surface area (Å²) in [5, 5.41) is 0. The Hall–Kier alpha value is -1.75. The summed E-state index contributed by atoms with van der Waals surface area (Å²) in [5.41, 5.74) is 6.26. The van der Waals surface area contributed by atoms with Gasteiger partial charge in [-0.3, -0.25) is 4.79 Å². The summed E-state index contributed by atoms with van der Waals surface area (Å²) in [6.07, 6.45) is 1.73. The molecule has 1 aromatic carbocycles. The number of aromatic nitrogens is 1. The normalized spacial score (nSPS) is 10.5. The molecule has 2 N–H and O–H groups in total. The molecule has 0 atom stereocenters. The van der Waals surface area contributed by atoms with E-state index in [1.165, 1.54) is 30.0 Å². The zero-order valence-electron chi connectivity index (χ0n) is 9.67. The van der Waals surface area contributed by atoms with Gasteiger partial charge in [0.2, 0.25) is 0 Å². The van der Waals surface area contributed by atoms with E-state index in [4.69, 9.17) is 5.73 Å². The number of nitrogens with two attached hydrogens (primary N) is 1. The summed E-state index contributed by atoms with van der Waals surface area (Å²) in [6, 6.07) is 9.32. The lowest BCUT2D eigenvalue weighted by Crippen LogP contribution is -2.18. The van der Waals surface area contributed by atoms with Crippen molar-refractivity contribution >= 4 is 17.4 Å². The maximum absolute atomic E-state index is 13.0. The van der Waals surface area contributed by atoms with E-state index in [9.17, 15) is 9.18 Å². The van der Waals surface area contributed by atoms with Crippen molar-refractivity contribution in [3.8, 4) is 0 Å². The van der Waals surface area contributed by atoms with Crippen molar-refractivity contribution < 1.29 is 4.39 Å². The zero-order valence-corrected chi connectivity index (χ0v) is 10.5. The van der Waals surface area contributed by atoms with Crippen molar-refractivity contribution in [2.45, 2.75) is 11.4 Å². The maximum atomic E-state index is 13.0. The van der Waals surface area contributed by atoms with E-state index in [0.29, 0.717) is 22.9 Å². The molecule has 0 radical (unpaired) electrons. The van der Waals surface area contributed by atoms with E-state index in [-0.39, 0.29) is 11.4 Å². The van der Waals surface area contributed by atoms with Crippen LogP contribution in [0.5, 0.6) is 0 Å². The first-order chi connectivity index (χ1) is 8.66. The summed E-state index contributed by atoms with van der Waals surface area (Å²) in [6.45, 7) is 0.570. The van der Waals surface area contributed by atoms with Gasteiger partial charge in [-0.05, 0) is 24.3 Å². The van der Waals surface area contributed by atoms with Gasteiger partial charge in [0.1, 0.15) is 5.82 Å². The van der Waals surface area contributed by atoms with Gasteiger partial charge in [0, 0.05) is 35.1 Å². The van der Waals surface area contributed by atoms with Gasteiger partial charge < -0.3 is 10.3 Å². The Labute approximate surface area is 108 Å². The minimum atomic E-state index is -0.302. The van der Waals surface area contributed by atoms with Gasteiger partial charge in [-0.25, -0.2) is 4.39 Å². The number of pyridine rings is 1. The molecule has 5 heteroatoms. The van der Waals surface area contributed by atoms with Crippen molar-refractivity contribution in [1.82, 2.24) is 4.57 Å². The number of aryl methyl sites for hydroxylation is 1. The lowest BCUT2D eigenvalue weighted by molar-refractivity contribution is 0.624. The second kappa shape index (κ2) is 5.73. The Morgan fingerprint density at radius 3 is 2.89 bits per heavy atom. The zero-order chi connectivity index (χ0) is 13.0. The summed E-state index contributed by atoms with van der Waals surface area (Å²) >= 11 is 1.44. The molecule has 3 nitrogen and oxygen atoms in total. The van der Waals surface area contributed by atoms with Crippen molar-refractivity contribution in [1.29, 1.82) is 0 Å². The molecule has 94 valence electrons. The van der Waals surface area contributed by atoms with E-state index in [1.54, 1.807) is 22.9 Å². The number of thioether (sulfide) groups is 1. The van der Waals surface area contributed by atoms with Crippen molar-refractivity contribution in [3.05, 3.63) is 58.8 Å². The summed E-state index contributed by atoms with van der Waals surface area (Å²) < 4.78 is 14.7. The van der Waals surface area contributed by atoms with Gasteiger partial charge in [0.25, 0.3) is 5.56 Å². The Balaban J connectivity index is 1.99. The first-order valence-corrected chi connectivity index (χ1v) is 6.48. The first kappa shape index (κ1) is 12.7. The fourth-order valence-corrected chi connectivity index (χ4v) is 2.47. The van der Waals surface area contributed by atoms with Crippen LogP contribution in [0.3, 0.4) is 0 Å². The number of benzene rings is 1. The Kier molecular flexibility index (Phi) is 4.04. The van der Waals surface area contributed by atoms with Crippen molar-refractivity contribution in [2.24, 2.45) is 0 Å². The molecular formula is C13H13FN2OS. The molecule has 0 aliphatic rings. The van der Waals surface area contributed by atoms with E-state index in [0.717, 1.165) is 0 Å². The van der Waals surface area contributed by atoms with Gasteiger partial charge in [-0.15, -0.1) is 11.8 Å². The molecule has 0 fully saturated rings. The van der Waals surface area contributed by atoms with Crippen LogP contribution in [0.2, 0.25) is 0 Å². The molecule has 2 rings (SSSR count). The SMILES string of the molecule is Nc1ccc(F)cc1SCCn1ccccc1=O. The van der Waals surface area contributed by atoms with Crippen LogP contribution in [-0.4, -0.2) is 10.3 Å². The number of nitrogen functional groups attached to an aromatic ring is 1. The highest BCUT2D eigenvalue weighted by Gasteiger charge is 2.02. The molecule has 1 heterocycles. The van der Waals surface area contributed by atoms with Crippen LogP contribution in [0, 0.1) is 5.82 Å². The molecule has 18 heavy (non-hydrogen) atoms. The highest BCUT2D eigenvalue weighted by molar-refractivity contribution is 7.99. The quantitative estimate of drug-likeness (QED) is 0.681. The highest BCUT2D eigenvalue weighted by Crippen LogP contribution is 2.25. The largest absolute Gasteiger partial charge is 0.398 e. The number of halogens is 1. The van der Waals surface area contributed by atoms with E-state index in [2.05, 4.69) is 0 Å². The standard InChI is InChI=1S/C13H13FN2OS/c14-10-4-5-11(15)12(9-10)18-8-7-16-6-2-1-3-13(16)17/h1-6,9H,7-8,15H2. The van der Waals surface area contributed by atoms with Crippen LogP contribution < -0.4 is 11.3 Å². The molecular weight excluding hydrogens is 251 g/mol. The molecule has 0 amide bonds. The van der Waals surface area contributed by atoms with Gasteiger partial charge in [0.15, 0.2) is 0 Å². The Morgan fingerprint density at radius 1 is 1.28 bits per heavy atom. The molecule has 0 aliphatic carbocycles. The van der Waals surface area contributed by atoms with Crippen molar-refractivity contribution in [3.63, 3.8) is 0 Å². The number of hydrogen-bond acceptors (Lipinski definition) is 3. The Bertz CT molecular complexity index is 598. The topological polar surface area (TPSA) is 48.0 Å². The molecule has 0 saturated heterocycles. The summed E-state index contributed by atoms with van der Waals surface area (Å²) in [7, 11) is 0. The third-order valence-corrected chi connectivity index (χ3v) is 3.52. The molecule has 0 unspecified atom stereocenters. The molecule has 1 aromatic heterocycles. The molecule has 0 aliphatic heterocycles. The second-order valence-electron chi connectivity index (χ2n) is 3.76. The maximum Gasteiger partial charge on any atom is 0.250 e. The third kappa shape index (κ3) is 3.13. The number of anilines is 1. The number of rotatable bonds is 4. The number of nitrogens with zero attached hydrogens (tertiary/aromatic N) is 1. The van der Waals surface area contributed by atoms with E-state index >= 15 is 0 Å². The smallest absolute Gasteiger partial charge is 0.250 e. The molecule has 2 aromatic rings. The minimum Gasteiger partial charge on any atom is -0.398 e. The fourth-order valence-electron chi connectivity index (χ4n) is 1.53. The van der Waals surface area contributed by atoms with Crippen LogP contribution in [0.4, 0.5) is 10.1 Å². The van der Waals surface area contributed by atoms with Crippen molar-refractivity contribution in [2.75, 3.05) is 11.5 Å². The van der Waals surface area contributed by atoms with Crippen LogP contribution in [-0.2, 0) is 6.54 Å². The summed E-state index contributed by atoms with van der Waals surface area (Å²) in [4.78, 5) is 12.2. The molecule has 0 bridgehead atoms. The molecule has 0 saturated carbocycles. The average molecular weight is 264 g/mol. The van der Waals surface area contributed by atoms with Crippen LogP contribution in [0.1, 0.15) is 0 Å². The second-order valence-corrected chi connectivity index (χ2v) is 4.90. The lowest BCUT2D eigenvalue weighted by atomic mass is 10.3. The van der Waals surface area contributed by atoms with Crippen LogP contribution in [0.15, 0.2) is 52.3 Å². The highest BCUT2D eigenvalue weighted by atomic mass is 32.2.